The minimum Gasteiger partial charge on any atom is -0.387 e. The molecule has 6 atom stereocenters. The number of aliphatic hydroxyl groups excluding tert-OH is 4. The Morgan fingerprint density at radius 1 is 1.43 bits per heavy atom. The van der Waals surface area contributed by atoms with Crippen LogP contribution >= 0.6 is 11.6 Å². The Labute approximate surface area is 136 Å². The van der Waals surface area contributed by atoms with E-state index in [1.807, 2.05) is 5.32 Å². The molecule has 23 heavy (non-hydrogen) atoms. The summed E-state index contributed by atoms with van der Waals surface area (Å²) in [5.41, 5.74) is 0. The normalized spacial score (nSPS) is 35.4. The lowest BCUT2D eigenvalue weighted by Gasteiger charge is -2.46. The van der Waals surface area contributed by atoms with Gasteiger partial charge in [-0.2, -0.15) is 5.01 Å². The van der Waals surface area contributed by atoms with E-state index in [0.717, 1.165) is 0 Å². The van der Waals surface area contributed by atoms with Gasteiger partial charge in [-0.25, -0.2) is 4.79 Å². The molecule has 1 rings (SSSR count). The highest BCUT2D eigenvalue weighted by Gasteiger charge is 2.53. The molecule has 1 fully saturated rings. The lowest BCUT2D eigenvalue weighted by Crippen LogP contribution is -2.68. The molecular weight excluding hydrogens is 338 g/mol. The maximum Gasteiger partial charge on any atom is 0.342 e. The Hall–Kier alpha value is -1.08. The summed E-state index contributed by atoms with van der Waals surface area (Å²) >= 11 is 5.38. The van der Waals surface area contributed by atoms with Crippen LogP contribution in [0.1, 0.15) is 13.3 Å². The first-order chi connectivity index (χ1) is 10.7. The van der Waals surface area contributed by atoms with E-state index in [1.165, 1.54) is 6.92 Å². The number of ether oxygens (including phenoxy) is 1. The molecule has 1 saturated heterocycles. The van der Waals surface area contributed by atoms with E-state index in [9.17, 15) is 35.2 Å². The van der Waals surface area contributed by atoms with Crippen molar-refractivity contribution in [3.63, 3.8) is 0 Å². The molecule has 134 valence electrons. The number of rotatable bonds is 6. The molecule has 0 aliphatic carbocycles. The smallest absolute Gasteiger partial charge is 0.342 e. The average Bonchev–Trinajstić information content (AvgIpc) is 2.53. The van der Waals surface area contributed by atoms with E-state index < -0.39 is 42.5 Å². The van der Waals surface area contributed by atoms with Crippen LogP contribution in [0.3, 0.4) is 0 Å². The first-order valence-electron chi connectivity index (χ1n) is 6.81. The van der Waals surface area contributed by atoms with Gasteiger partial charge >= 0.3 is 6.03 Å². The van der Waals surface area contributed by atoms with Gasteiger partial charge in [-0.3, -0.25) is 0 Å². The maximum absolute atomic E-state index is 11.7. The molecule has 0 radical (unpaired) electrons. The molecule has 12 heteroatoms. The fraction of sp³-hybridized carbons (Fsp3) is 0.909. The zero-order chi connectivity index (χ0) is 17.8. The van der Waals surface area contributed by atoms with Gasteiger partial charge in [-0.15, -0.1) is 16.5 Å². The van der Waals surface area contributed by atoms with Crippen molar-refractivity contribution >= 4 is 17.6 Å². The van der Waals surface area contributed by atoms with Crippen molar-refractivity contribution in [2.75, 3.05) is 12.4 Å². The molecule has 1 aliphatic rings. The minimum atomic E-state index is -2.23. The van der Waals surface area contributed by atoms with Crippen molar-refractivity contribution < 1.29 is 35.1 Å². The fourth-order valence-electron chi connectivity index (χ4n) is 2.11. The van der Waals surface area contributed by atoms with Gasteiger partial charge in [0, 0.05) is 12.3 Å². The van der Waals surface area contributed by atoms with Crippen molar-refractivity contribution in [1.82, 2.24) is 10.3 Å². The second kappa shape index (κ2) is 8.15. The van der Waals surface area contributed by atoms with E-state index in [0.29, 0.717) is 5.01 Å². The van der Waals surface area contributed by atoms with Crippen LogP contribution in [-0.2, 0) is 4.74 Å². The number of hydrogen-bond donors (Lipinski definition) is 6. The number of urea groups is 1. The predicted molar refractivity (Wildman–Crippen MR) is 75.9 cm³/mol. The third-order valence-electron chi connectivity index (χ3n) is 3.53. The number of aliphatic hydroxyl groups is 5. The lowest BCUT2D eigenvalue weighted by molar-refractivity contribution is -0.358. The molecule has 0 aromatic rings. The molecule has 6 N–H and O–H groups in total. The van der Waals surface area contributed by atoms with Crippen LogP contribution in [0.5, 0.6) is 0 Å². The van der Waals surface area contributed by atoms with E-state index in [1.54, 1.807) is 0 Å². The van der Waals surface area contributed by atoms with Crippen LogP contribution < -0.4 is 5.32 Å². The molecule has 1 unspecified atom stereocenters. The van der Waals surface area contributed by atoms with Gasteiger partial charge in [-0.1, -0.05) is 6.92 Å². The fourth-order valence-corrected chi connectivity index (χ4v) is 2.27. The second-order valence-corrected chi connectivity index (χ2v) is 5.37. The summed E-state index contributed by atoms with van der Waals surface area (Å²) in [6.07, 6.45) is -9.18. The van der Waals surface area contributed by atoms with Crippen LogP contribution in [0.25, 0.3) is 0 Å². The van der Waals surface area contributed by atoms with E-state index in [2.05, 4.69) is 5.29 Å². The summed E-state index contributed by atoms with van der Waals surface area (Å²) in [4.78, 5) is 22.2. The van der Waals surface area contributed by atoms with Crippen molar-refractivity contribution in [1.29, 1.82) is 0 Å². The van der Waals surface area contributed by atoms with Crippen molar-refractivity contribution in [2.45, 2.75) is 49.8 Å². The number of carbonyl (C=O) groups excluding carboxylic acids is 1. The largest absolute Gasteiger partial charge is 0.387 e. The zero-order valence-corrected chi connectivity index (χ0v) is 13.0. The number of alkyl halides is 1. The van der Waals surface area contributed by atoms with Crippen LogP contribution in [-0.4, -0.2) is 85.4 Å². The van der Waals surface area contributed by atoms with Gasteiger partial charge in [0.25, 0.3) is 0 Å². The molecule has 2 amide bonds. The summed E-state index contributed by atoms with van der Waals surface area (Å²) in [7, 11) is 0. The van der Waals surface area contributed by atoms with E-state index in [4.69, 9.17) is 16.3 Å². The summed E-state index contributed by atoms with van der Waals surface area (Å²) in [5, 5.41) is 54.0. The van der Waals surface area contributed by atoms with E-state index >= 15 is 0 Å². The molecule has 0 aromatic heterocycles. The van der Waals surface area contributed by atoms with Gasteiger partial charge < -0.3 is 35.6 Å². The SMILES string of the molecule is CC[C@@]1(O)O[C@H](C(O)NC(=O)N(CCCl)N=O)[C@@H](O)[C@H](O)[C@H]1O. The number of nitrogens with zero attached hydrogens (tertiary/aromatic N) is 2. The molecule has 0 bridgehead atoms. The second-order valence-electron chi connectivity index (χ2n) is 4.99. The molecule has 1 heterocycles. The van der Waals surface area contributed by atoms with Crippen LogP contribution in [0.2, 0.25) is 0 Å². The summed E-state index contributed by atoms with van der Waals surface area (Å²) in [6.45, 7) is 1.21. The topological polar surface area (TPSA) is 172 Å². The van der Waals surface area contributed by atoms with Gasteiger partial charge in [0.1, 0.15) is 24.4 Å². The highest BCUT2D eigenvalue weighted by Crippen LogP contribution is 2.31. The lowest BCUT2D eigenvalue weighted by atomic mass is 9.90. The molecule has 0 spiro atoms. The maximum atomic E-state index is 11.7. The Morgan fingerprint density at radius 2 is 2.04 bits per heavy atom. The molecular formula is C11H20ClN3O8. The number of halogens is 1. The van der Waals surface area contributed by atoms with Gasteiger partial charge in [0.2, 0.25) is 0 Å². The Kier molecular flexibility index (Phi) is 7.07. The molecule has 0 aromatic carbocycles. The third kappa shape index (κ3) is 4.26. The number of nitroso groups, excluding NO2 is 1. The molecule has 0 saturated carbocycles. The van der Waals surface area contributed by atoms with Gasteiger partial charge in [0.15, 0.2) is 12.0 Å². The van der Waals surface area contributed by atoms with Crippen LogP contribution in [0, 0.1) is 4.91 Å². The summed E-state index contributed by atoms with van der Waals surface area (Å²) < 4.78 is 5.03. The predicted octanol–water partition coefficient (Wildman–Crippen LogP) is -2.18. The van der Waals surface area contributed by atoms with Crippen molar-refractivity contribution in [2.24, 2.45) is 5.29 Å². The third-order valence-corrected chi connectivity index (χ3v) is 3.70. The van der Waals surface area contributed by atoms with Crippen LogP contribution in [0.4, 0.5) is 4.79 Å². The standard InChI is InChI=1S/C11H20ClN3O8/c1-2-11(21)8(18)6(17)5(16)7(23-11)9(19)13-10(20)15(14-22)4-3-12/h5-9,16-19,21H,2-4H2,1H3,(H,13,20)/t5-,6-,7-,8+,9?,11+/m0/s1. The Balaban J connectivity index is 2.83. The van der Waals surface area contributed by atoms with Crippen LogP contribution in [0.15, 0.2) is 5.29 Å². The summed E-state index contributed by atoms with van der Waals surface area (Å²) in [6, 6.07) is -1.12. The minimum absolute atomic E-state index is 0.0850. The average molecular weight is 358 g/mol. The van der Waals surface area contributed by atoms with Gasteiger partial charge in [0.05, 0.1) is 11.8 Å². The van der Waals surface area contributed by atoms with Crippen molar-refractivity contribution in [3.8, 4) is 0 Å². The number of amides is 2. The summed E-state index contributed by atoms with van der Waals surface area (Å²) in [5.74, 6) is -2.31. The Bertz CT molecular complexity index is 430. The highest BCUT2D eigenvalue weighted by atomic mass is 35.5. The highest BCUT2D eigenvalue weighted by molar-refractivity contribution is 6.18. The first kappa shape index (κ1) is 20.0. The zero-order valence-electron chi connectivity index (χ0n) is 12.2. The number of hydrogen-bond acceptors (Lipinski definition) is 9. The monoisotopic (exact) mass is 357 g/mol. The molecule has 1 aliphatic heterocycles. The van der Waals surface area contributed by atoms with Gasteiger partial charge in [-0.05, 0) is 0 Å². The quantitative estimate of drug-likeness (QED) is 0.135. The number of nitrogens with one attached hydrogen (secondary N) is 1. The van der Waals surface area contributed by atoms with E-state index in [-0.39, 0.29) is 18.8 Å². The number of carbonyl (C=O) groups is 1. The first-order valence-corrected chi connectivity index (χ1v) is 7.35. The van der Waals surface area contributed by atoms with Crippen molar-refractivity contribution in [3.05, 3.63) is 4.91 Å². The molecule has 11 nitrogen and oxygen atoms in total. The Morgan fingerprint density at radius 3 is 2.52 bits per heavy atom.